The van der Waals surface area contributed by atoms with E-state index < -0.39 is 78.8 Å². The number of nitrogens with one attached hydrogen (secondary N) is 3. The van der Waals surface area contributed by atoms with Crippen LogP contribution in [0.1, 0.15) is 94.5 Å². The Morgan fingerprint density at radius 3 is 2.09 bits per heavy atom. The van der Waals surface area contributed by atoms with Gasteiger partial charge in [-0.3, -0.25) is 28.8 Å². The molecule has 0 bridgehead atoms. The Morgan fingerprint density at radius 2 is 1.51 bits per heavy atom. The highest BCUT2D eigenvalue weighted by Crippen LogP contribution is 2.23. The number of nitrogens with two attached hydrogens (primary N) is 2. The van der Waals surface area contributed by atoms with Gasteiger partial charge in [0.25, 0.3) is 5.91 Å². The Labute approximate surface area is 312 Å². The molecule has 1 saturated heterocycles. The van der Waals surface area contributed by atoms with E-state index in [0.29, 0.717) is 44.2 Å². The number of benzene rings is 2. The smallest absolute Gasteiger partial charge is 0.427 e. The summed E-state index contributed by atoms with van der Waals surface area (Å²) in [7, 11) is -1.77. The van der Waals surface area contributed by atoms with Gasteiger partial charge in [0, 0.05) is 18.5 Å². The first-order chi connectivity index (χ1) is 25.2. The maximum atomic E-state index is 13.9. The van der Waals surface area contributed by atoms with Gasteiger partial charge >= 0.3 is 7.12 Å². The Balaban J connectivity index is 1.67. The van der Waals surface area contributed by atoms with Crippen molar-refractivity contribution in [2.75, 3.05) is 13.1 Å². The number of carbonyl (C=O) groups excluding carboxylic acids is 6. The Bertz CT molecular complexity index is 1550. The van der Waals surface area contributed by atoms with Crippen LogP contribution in [0.25, 0.3) is 11.1 Å². The number of unbranched alkanes of at least 4 members (excludes halogenated alkanes) is 2. The van der Waals surface area contributed by atoms with Gasteiger partial charge in [0.05, 0.1) is 12.5 Å². The van der Waals surface area contributed by atoms with E-state index in [-0.39, 0.29) is 13.0 Å². The fourth-order valence-corrected chi connectivity index (χ4v) is 6.24. The molecule has 15 heteroatoms. The molecule has 5 atom stereocenters. The number of hydrogen-bond acceptors (Lipinski definition) is 9. The molecule has 0 aliphatic carbocycles. The number of primary amides is 1. The number of amides is 5. The maximum absolute atomic E-state index is 13.9. The second-order valence-electron chi connectivity index (χ2n) is 13.9. The molecule has 2 aromatic carbocycles. The topological polar surface area (TPSA) is 234 Å². The van der Waals surface area contributed by atoms with Crippen LogP contribution in [0.3, 0.4) is 0 Å². The van der Waals surface area contributed by atoms with E-state index >= 15 is 0 Å². The molecule has 9 N–H and O–H groups in total. The lowest BCUT2D eigenvalue weighted by Gasteiger charge is -2.29. The van der Waals surface area contributed by atoms with E-state index in [4.69, 9.17) is 11.5 Å². The average molecular weight is 735 g/mol. The van der Waals surface area contributed by atoms with Crippen molar-refractivity contribution in [3.05, 3.63) is 59.7 Å². The van der Waals surface area contributed by atoms with Crippen LogP contribution < -0.4 is 27.4 Å². The van der Waals surface area contributed by atoms with E-state index in [2.05, 4.69) is 47.1 Å². The highest BCUT2D eigenvalue weighted by atomic mass is 16.4. The van der Waals surface area contributed by atoms with Crippen LogP contribution in [0.15, 0.2) is 48.5 Å². The number of carbonyl (C=O) groups is 6. The minimum absolute atomic E-state index is 0.275. The molecule has 1 aliphatic heterocycles. The summed E-state index contributed by atoms with van der Waals surface area (Å²) in [6.07, 6.45) is 4.83. The predicted molar refractivity (Wildman–Crippen MR) is 202 cm³/mol. The normalized spacial score (nSPS) is 16.2. The second-order valence-corrected chi connectivity index (χ2v) is 13.9. The van der Waals surface area contributed by atoms with E-state index in [0.717, 1.165) is 30.4 Å². The third-order valence-electron chi connectivity index (χ3n) is 9.54. The largest absolute Gasteiger partial charge is 0.454 e. The first-order valence-electron chi connectivity index (χ1n) is 18.5. The monoisotopic (exact) mass is 734 g/mol. The molecule has 0 unspecified atom stereocenters. The molecule has 0 aromatic heterocycles. The quantitative estimate of drug-likeness (QED) is 0.0728. The van der Waals surface area contributed by atoms with Crippen molar-refractivity contribution in [2.24, 2.45) is 11.5 Å². The zero-order valence-corrected chi connectivity index (χ0v) is 31.0. The van der Waals surface area contributed by atoms with Crippen molar-refractivity contribution in [3.63, 3.8) is 0 Å². The average Bonchev–Trinajstić information content (AvgIpc) is 3.63. The van der Waals surface area contributed by atoms with Gasteiger partial charge in [-0.1, -0.05) is 56.7 Å². The molecule has 0 radical (unpaired) electrons. The van der Waals surface area contributed by atoms with Crippen molar-refractivity contribution in [3.8, 4) is 11.1 Å². The van der Waals surface area contributed by atoms with Crippen molar-refractivity contribution in [1.29, 1.82) is 0 Å². The summed E-state index contributed by atoms with van der Waals surface area (Å²) in [5.41, 5.74) is 14.6. The van der Waals surface area contributed by atoms with Gasteiger partial charge < -0.3 is 42.4 Å². The van der Waals surface area contributed by atoms with Gasteiger partial charge in [0.1, 0.15) is 18.1 Å². The molecule has 1 fully saturated rings. The number of ketones is 1. The summed E-state index contributed by atoms with van der Waals surface area (Å²) in [4.78, 5) is 79.6. The third-order valence-corrected chi connectivity index (χ3v) is 9.54. The fourth-order valence-electron chi connectivity index (χ4n) is 6.24. The minimum Gasteiger partial charge on any atom is -0.427 e. The predicted octanol–water partition coefficient (Wildman–Crippen LogP) is 1.60. The molecule has 5 amide bonds. The lowest BCUT2D eigenvalue weighted by molar-refractivity contribution is -0.141. The molecule has 0 spiro atoms. The lowest BCUT2D eigenvalue weighted by Crippen LogP contribution is -2.56. The molecule has 14 nitrogen and oxygen atoms in total. The highest BCUT2D eigenvalue weighted by molar-refractivity contribution is 6.43. The van der Waals surface area contributed by atoms with E-state index in [1.165, 1.54) is 24.3 Å². The zero-order chi connectivity index (χ0) is 39.1. The molecule has 1 aliphatic rings. The van der Waals surface area contributed by atoms with Crippen molar-refractivity contribution >= 4 is 42.4 Å². The van der Waals surface area contributed by atoms with Crippen LogP contribution in [0.5, 0.6) is 0 Å². The Hall–Kier alpha value is -4.60. The number of rotatable bonds is 21. The van der Waals surface area contributed by atoms with Crippen LogP contribution in [-0.2, 0) is 30.4 Å². The highest BCUT2D eigenvalue weighted by Gasteiger charge is 2.39. The Morgan fingerprint density at radius 1 is 0.868 bits per heavy atom. The van der Waals surface area contributed by atoms with Gasteiger partial charge in [-0.25, -0.2) is 0 Å². The van der Waals surface area contributed by atoms with E-state index in [1.807, 2.05) is 12.1 Å². The van der Waals surface area contributed by atoms with E-state index in [9.17, 15) is 38.8 Å². The van der Waals surface area contributed by atoms with Gasteiger partial charge in [-0.05, 0) is 93.1 Å². The summed E-state index contributed by atoms with van der Waals surface area (Å²) in [5, 5.41) is 26.6. The molecule has 288 valence electrons. The first-order valence-corrected chi connectivity index (χ1v) is 18.5. The molecular formula is C38H55BN6O8. The van der Waals surface area contributed by atoms with E-state index in [1.54, 1.807) is 12.1 Å². The summed E-state index contributed by atoms with van der Waals surface area (Å²) >= 11 is 0. The van der Waals surface area contributed by atoms with Crippen molar-refractivity contribution < 1.29 is 38.8 Å². The first kappa shape index (κ1) is 42.8. The van der Waals surface area contributed by atoms with Crippen molar-refractivity contribution in [2.45, 2.75) is 115 Å². The van der Waals surface area contributed by atoms with Gasteiger partial charge in [-0.2, -0.15) is 0 Å². The molecule has 1 heterocycles. The van der Waals surface area contributed by atoms with Crippen LogP contribution in [0, 0.1) is 0 Å². The van der Waals surface area contributed by atoms with Crippen LogP contribution in [0.4, 0.5) is 0 Å². The number of Topliss-reactive ketones (excluding diaryl/α,β-unsaturated/α-hetero) is 1. The minimum atomic E-state index is -1.77. The maximum Gasteiger partial charge on any atom is 0.454 e. The number of aryl methyl sites for hydroxylation is 1. The van der Waals surface area contributed by atoms with Crippen molar-refractivity contribution in [1.82, 2.24) is 20.9 Å². The van der Waals surface area contributed by atoms with Crippen LogP contribution in [-0.4, -0.2) is 94.6 Å². The Kier molecular flexibility index (Phi) is 17.1. The van der Waals surface area contributed by atoms with Gasteiger partial charge in [0.2, 0.25) is 23.6 Å². The number of nitrogens with zero attached hydrogens (tertiary/aromatic N) is 1. The van der Waals surface area contributed by atoms with Crippen LogP contribution in [0.2, 0.25) is 5.82 Å². The number of likely N-dealkylation sites (tertiary alicyclic amines) is 1. The van der Waals surface area contributed by atoms with Gasteiger partial charge in [0.15, 0.2) is 5.78 Å². The molecule has 3 rings (SSSR count). The molecule has 0 saturated carbocycles. The standard InChI is InChI=1S/C38H55BN6O8/c1-4-5-9-26-12-14-27(15-13-26)28-16-18-29(19-17-28)36(49)43-30(10-6-7-20-40)38(51)45-21-8-11-32(45)37(50)42-25(3)35(48)44-31(23-34(41)47)33(46)22-24(2)39(52)53/h12-19,24-25,30-32,52-53H,4-11,20-23,40H2,1-3H3,(H2,41,47)(H,42,50)(H,43,49)(H,44,48)/t24-,25+,30+,31+,32+/m1/s1. The van der Waals surface area contributed by atoms with Gasteiger partial charge in [-0.15, -0.1) is 0 Å². The summed E-state index contributed by atoms with van der Waals surface area (Å²) in [5.74, 6) is -4.54. The molecular weight excluding hydrogens is 679 g/mol. The number of hydrogen-bond donors (Lipinski definition) is 7. The lowest BCUT2D eigenvalue weighted by atomic mass is 9.71. The third kappa shape index (κ3) is 13.1. The molecule has 53 heavy (non-hydrogen) atoms. The fraction of sp³-hybridized carbons (Fsp3) is 0.526. The second kappa shape index (κ2) is 21.2. The van der Waals surface area contributed by atoms with Crippen LogP contribution >= 0.6 is 0 Å². The SMILES string of the molecule is CCCCc1ccc(-c2ccc(C(=O)N[C@@H](CCCCN)C(=O)N3CCC[C@H]3C(=O)N[C@@H](C)C(=O)N[C@@H](CC(N)=O)C(=O)C[C@@H](C)B(O)O)cc2)cc1. The summed E-state index contributed by atoms with van der Waals surface area (Å²) < 4.78 is 0. The zero-order valence-electron chi connectivity index (χ0n) is 31.0. The summed E-state index contributed by atoms with van der Waals surface area (Å²) in [6, 6.07) is 11.2. The molecule has 2 aromatic rings. The summed E-state index contributed by atoms with van der Waals surface area (Å²) in [6.45, 7) is 5.67.